The van der Waals surface area contributed by atoms with Gasteiger partial charge in [0.1, 0.15) is 10.7 Å². The van der Waals surface area contributed by atoms with E-state index in [1.165, 1.54) is 11.3 Å². The number of benzene rings is 1. The molecule has 0 fully saturated rings. The lowest BCUT2D eigenvalue weighted by Gasteiger charge is -2.02. The normalized spacial score (nSPS) is 10.8. The molecule has 0 aliphatic carbocycles. The first kappa shape index (κ1) is 12.6. The molecule has 7 nitrogen and oxygen atoms in total. The van der Waals surface area contributed by atoms with E-state index in [1.807, 2.05) is 0 Å². The molecule has 0 radical (unpaired) electrons. The lowest BCUT2D eigenvalue weighted by molar-refractivity contribution is 0.102. The van der Waals surface area contributed by atoms with E-state index in [0.717, 1.165) is 0 Å². The maximum Gasteiger partial charge on any atom is 0.417 e. The fourth-order valence-corrected chi connectivity index (χ4v) is 2.39. The van der Waals surface area contributed by atoms with Crippen LogP contribution in [0.5, 0.6) is 0 Å². The number of nitrogens with one attached hydrogen (secondary N) is 2. The molecular formula is C12H10N4O3S. The Morgan fingerprint density at radius 1 is 1.50 bits per heavy atom. The highest BCUT2D eigenvalue weighted by atomic mass is 32.1. The summed E-state index contributed by atoms with van der Waals surface area (Å²) in [6.07, 6.45) is 0. The summed E-state index contributed by atoms with van der Waals surface area (Å²) in [5.41, 5.74) is 7.27. The van der Waals surface area contributed by atoms with Crippen LogP contribution in [0, 0.1) is 0 Å². The Bertz CT molecular complexity index is 832. The number of fused-ring (bicyclic) bond motifs is 1. The van der Waals surface area contributed by atoms with Gasteiger partial charge in [-0.3, -0.25) is 9.78 Å². The van der Waals surface area contributed by atoms with Gasteiger partial charge in [-0.2, -0.15) is 0 Å². The average molecular weight is 290 g/mol. The van der Waals surface area contributed by atoms with Gasteiger partial charge in [0, 0.05) is 17.6 Å². The van der Waals surface area contributed by atoms with Crippen LogP contribution in [0.3, 0.4) is 0 Å². The molecule has 3 aromatic rings. The van der Waals surface area contributed by atoms with Gasteiger partial charge in [0.25, 0.3) is 5.91 Å². The van der Waals surface area contributed by atoms with Gasteiger partial charge in [0.15, 0.2) is 5.58 Å². The monoisotopic (exact) mass is 290 g/mol. The summed E-state index contributed by atoms with van der Waals surface area (Å²) >= 11 is 1.33. The van der Waals surface area contributed by atoms with Crippen LogP contribution in [0.2, 0.25) is 0 Å². The zero-order valence-electron chi connectivity index (χ0n) is 10.2. The first-order valence-corrected chi connectivity index (χ1v) is 6.62. The fourth-order valence-electron chi connectivity index (χ4n) is 1.73. The van der Waals surface area contributed by atoms with Crippen molar-refractivity contribution in [3.63, 3.8) is 0 Å². The van der Waals surface area contributed by atoms with Crippen LogP contribution in [-0.2, 0) is 6.54 Å². The lowest BCUT2D eigenvalue weighted by Crippen LogP contribution is -2.12. The minimum atomic E-state index is -0.532. The molecule has 8 heteroatoms. The standard InChI is InChI=1S/C12H10N4O3S/c13-4-10-15-8(5-20-10)11(17)14-6-1-2-9-7(3-6)16-12(18)19-9/h1-3,5H,4,13H2,(H,14,17)(H,16,18). The van der Waals surface area contributed by atoms with Crippen molar-refractivity contribution in [2.24, 2.45) is 5.73 Å². The predicted molar refractivity (Wildman–Crippen MR) is 74.8 cm³/mol. The van der Waals surface area contributed by atoms with E-state index in [9.17, 15) is 9.59 Å². The second-order valence-electron chi connectivity index (χ2n) is 4.01. The first-order valence-electron chi connectivity index (χ1n) is 5.74. The van der Waals surface area contributed by atoms with Crippen molar-refractivity contribution in [2.75, 3.05) is 5.32 Å². The largest absolute Gasteiger partial charge is 0.417 e. The van der Waals surface area contributed by atoms with Crippen LogP contribution in [-0.4, -0.2) is 15.9 Å². The number of thiazole rings is 1. The number of aromatic amines is 1. The SMILES string of the molecule is NCc1nc(C(=O)Nc2ccc3oc(=O)[nH]c3c2)cs1. The third-order valence-corrected chi connectivity index (χ3v) is 3.51. The van der Waals surface area contributed by atoms with Crippen LogP contribution < -0.4 is 16.8 Å². The molecule has 1 amide bonds. The molecule has 20 heavy (non-hydrogen) atoms. The maximum atomic E-state index is 12.0. The molecule has 0 aliphatic heterocycles. The van der Waals surface area contributed by atoms with Crippen LogP contribution >= 0.6 is 11.3 Å². The van der Waals surface area contributed by atoms with Crippen molar-refractivity contribution in [2.45, 2.75) is 6.54 Å². The highest BCUT2D eigenvalue weighted by molar-refractivity contribution is 7.09. The summed E-state index contributed by atoms with van der Waals surface area (Å²) in [5, 5.41) is 5.05. The zero-order chi connectivity index (χ0) is 14.1. The highest BCUT2D eigenvalue weighted by Gasteiger charge is 2.11. The van der Waals surface area contributed by atoms with Crippen molar-refractivity contribution >= 4 is 34.0 Å². The summed E-state index contributed by atoms with van der Waals surface area (Å²) in [4.78, 5) is 29.6. The van der Waals surface area contributed by atoms with Crippen molar-refractivity contribution in [1.29, 1.82) is 0 Å². The Kier molecular flexibility index (Phi) is 3.09. The molecule has 0 unspecified atom stereocenters. The smallest absolute Gasteiger partial charge is 0.408 e. The Morgan fingerprint density at radius 3 is 3.10 bits per heavy atom. The van der Waals surface area contributed by atoms with E-state index < -0.39 is 5.76 Å². The topological polar surface area (TPSA) is 114 Å². The number of carbonyl (C=O) groups excluding carboxylic acids is 1. The average Bonchev–Trinajstić information content (AvgIpc) is 3.03. The van der Waals surface area contributed by atoms with Crippen LogP contribution in [0.25, 0.3) is 11.1 Å². The third kappa shape index (κ3) is 2.33. The minimum Gasteiger partial charge on any atom is -0.408 e. The van der Waals surface area contributed by atoms with E-state index in [4.69, 9.17) is 10.2 Å². The molecule has 0 aliphatic rings. The number of amides is 1. The van der Waals surface area contributed by atoms with Gasteiger partial charge in [-0.25, -0.2) is 9.78 Å². The second kappa shape index (κ2) is 4.91. The van der Waals surface area contributed by atoms with Crippen molar-refractivity contribution in [3.05, 3.63) is 44.8 Å². The molecule has 0 spiro atoms. The number of aromatic nitrogens is 2. The van der Waals surface area contributed by atoms with Gasteiger partial charge in [-0.05, 0) is 18.2 Å². The second-order valence-corrected chi connectivity index (χ2v) is 4.95. The van der Waals surface area contributed by atoms with Crippen LogP contribution in [0.15, 0.2) is 32.8 Å². The maximum absolute atomic E-state index is 12.0. The van der Waals surface area contributed by atoms with Crippen LogP contribution in [0.1, 0.15) is 15.5 Å². The Balaban J connectivity index is 1.84. The molecule has 0 saturated heterocycles. The number of hydrogen-bond donors (Lipinski definition) is 3. The van der Waals surface area contributed by atoms with Gasteiger partial charge in [0.05, 0.1) is 5.52 Å². The van der Waals surface area contributed by atoms with E-state index in [2.05, 4.69) is 15.3 Å². The minimum absolute atomic E-state index is 0.306. The quantitative estimate of drug-likeness (QED) is 0.672. The molecule has 0 bridgehead atoms. The molecule has 2 aromatic heterocycles. The van der Waals surface area contributed by atoms with Crippen molar-refractivity contribution < 1.29 is 9.21 Å². The summed E-state index contributed by atoms with van der Waals surface area (Å²) in [6.45, 7) is 0.306. The number of carbonyl (C=O) groups is 1. The number of hydrogen-bond acceptors (Lipinski definition) is 6. The summed E-state index contributed by atoms with van der Waals surface area (Å²) in [6, 6.07) is 4.87. The van der Waals surface area contributed by atoms with Gasteiger partial charge < -0.3 is 15.5 Å². The van der Waals surface area contributed by atoms with Crippen molar-refractivity contribution in [1.82, 2.24) is 9.97 Å². The number of oxazole rings is 1. The predicted octanol–water partition coefficient (Wildman–Crippen LogP) is 1.29. The van der Waals surface area contributed by atoms with E-state index in [0.29, 0.717) is 34.0 Å². The lowest BCUT2D eigenvalue weighted by atomic mass is 10.3. The molecule has 3 rings (SSSR count). The van der Waals surface area contributed by atoms with Gasteiger partial charge in [-0.1, -0.05) is 0 Å². The van der Waals surface area contributed by atoms with Gasteiger partial charge in [-0.15, -0.1) is 11.3 Å². The van der Waals surface area contributed by atoms with Gasteiger partial charge >= 0.3 is 5.76 Å². The van der Waals surface area contributed by atoms with E-state index >= 15 is 0 Å². The fraction of sp³-hybridized carbons (Fsp3) is 0.0833. The third-order valence-electron chi connectivity index (χ3n) is 2.64. The summed E-state index contributed by atoms with van der Waals surface area (Å²) < 4.78 is 4.88. The molecular weight excluding hydrogens is 280 g/mol. The molecule has 0 atom stereocenters. The number of anilines is 1. The molecule has 0 saturated carbocycles. The van der Waals surface area contributed by atoms with E-state index in [1.54, 1.807) is 23.6 Å². The number of nitrogens with two attached hydrogens (primary N) is 1. The number of H-pyrrole nitrogens is 1. The van der Waals surface area contributed by atoms with Crippen molar-refractivity contribution in [3.8, 4) is 0 Å². The summed E-state index contributed by atoms with van der Waals surface area (Å²) in [7, 11) is 0. The Morgan fingerprint density at radius 2 is 2.35 bits per heavy atom. The Hall–Kier alpha value is -2.45. The zero-order valence-corrected chi connectivity index (χ0v) is 11.0. The first-order chi connectivity index (χ1) is 9.65. The molecule has 2 heterocycles. The molecule has 102 valence electrons. The summed E-state index contributed by atoms with van der Waals surface area (Å²) in [5.74, 6) is -0.860. The van der Waals surface area contributed by atoms with E-state index in [-0.39, 0.29) is 5.91 Å². The molecule has 4 N–H and O–H groups in total. The number of nitrogens with zero attached hydrogens (tertiary/aromatic N) is 1. The number of rotatable bonds is 3. The van der Waals surface area contributed by atoms with Crippen LogP contribution in [0.4, 0.5) is 5.69 Å². The van der Waals surface area contributed by atoms with Gasteiger partial charge in [0.2, 0.25) is 0 Å². The highest BCUT2D eigenvalue weighted by Crippen LogP contribution is 2.17. The molecule has 1 aromatic carbocycles. The Labute approximate surface area is 116 Å².